The van der Waals surface area contributed by atoms with E-state index >= 15 is 0 Å². The summed E-state index contributed by atoms with van der Waals surface area (Å²) in [5.41, 5.74) is 10.7. The van der Waals surface area contributed by atoms with Gasteiger partial charge in [0.05, 0.1) is 11.0 Å². The molecule has 0 spiro atoms. The van der Waals surface area contributed by atoms with Crippen LogP contribution in [0.4, 0.5) is 0 Å². The molecule has 42 heavy (non-hydrogen) atoms. The van der Waals surface area contributed by atoms with Gasteiger partial charge in [-0.2, -0.15) is 0 Å². The molecule has 11 rings (SSSR count). The van der Waals surface area contributed by atoms with E-state index < -0.39 is 0 Å². The molecule has 4 aliphatic heterocycles. The fourth-order valence-electron chi connectivity index (χ4n) is 8.00. The molecule has 6 heteroatoms. The molecule has 0 bridgehead atoms. The highest BCUT2D eigenvalue weighted by atomic mass is 16.5. The quantitative estimate of drug-likeness (QED) is 0.269. The number of hydrogen-bond donors (Lipinski definition) is 0. The second-order valence-corrected chi connectivity index (χ2v) is 11.6. The van der Waals surface area contributed by atoms with Crippen molar-refractivity contribution in [2.24, 2.45) is 0 Å². The summed E-state index contributed by atoms with van der Waals surface area (Å²) in [6, 6.07) is 40.7. The molecule has 6 aromatic carbocycles. The Morgan fingerprint density at radius 1 is 0.476 bits per heavy atom. The molecule has 192 valence electrons. The Balaban J connectivity index is 1.35. The number of benzene rings is 6. The Bertz CT molecular complexity index is 2380. The lowest BCUT2D eigenvalue weighted by molar-refractivity contribution is 0.467. The van der Waals surface area contributed by atoms with Gasteiger partial charge in [-0.15, -0.1) is 0 Å². The van der Waals surface area contributed by atoms with Crippen molar-refractivity contribution in [2.75, 3.05) is 0 Å². The van der Waals surface area contributed by atoms with Crippen molar-refractivity contribution in [3.63, 3.8) is 0 Å². The SMILES string of the molecule is c1ccc2c(c1)Oc1cccc3c1B2c1cc2c4c(c1O3)c1ccccc1n4-c1cccc3c1B2c1ccccc1O3. The molecule has 0 saturated heterocycles. The maximum Gasteiger partial charge on any atom is 0.260 e. The Labute approximate surface area is 241 Å². The zero-order valence-corrected chi connectivity index (χ0v) is 22.3. The highest BCUT2D eigenvalue weighted by Crippen LogP contribution is 2.43. The van der Waals surface area contributed by atoms with Crippen molar-refractivity contribution in [1.29, 1.82) is 0 Å². The summed E-state index contributed by atoms with van der Waals surface area (Å²) in [5.74, 6) is 5.41. The van der Waals surface area contributed by atoms with Gasteiger partial charge in [-0.3, -0.25) is 0 Å². The summed E-state index contributed by atoms with van der Waals surface area (Å²) in [4.78, 5) is 0. The van der Waals surface area contributed by atoms with Gasteiger partial charge < -0.3 is 18.8 Å². The third-order valence-electron chi connectivity index (χ3n) is 9.57. The number of fused-ring (bicyclic) bond motifs is 12. The maximum absolute atomic E-state index is 6.94. The fourth-order valence-corrected chi connectivity index (χ4v) is 8.00. The summed E-state index contributed by atoms with van der Waals surface area (Å²) in [5, 5.41) is 2.36. The first-order valence-electron chi connectivity index (χ1n) is 14.4. The van der Waals surface area contributed by atoms with Gasteiger partial charge in [0.25, 0.3) is 13.4 Å². The second-order valence-electron chi connectivity index (χ2n) is 11.6. The summed E-state index contributed by atoms with van der Waals surface area (Å²) < 4.78 is 22.3. The van der Waals surface area contributed by atoms with Crippen LogP contribution in [-0.4, -0.2) is 18.0 Å². The summed E-state index contributed by atoms with van der Waals surface area (Å²) >= 11 is 0. The van der Waals surface area contributed by atoms with E-state index in [0.717, 1.165) is 45.3 Å². The minimum Gasteiger partial charge on any atom is -0.458 e. The zero-order valence-electron chi connectivity index (χ0n) is 22.3. The van der Waals surface area contributed by atoms with Gasteiger partial charge in [0.15, 0.2) is 0 Å². The molecule has 0 radical (unpaired) electrons. The molecular weight excluding hydrogens is 516 g/mol. The predicted molar refractivity (Wildman–Crippen MR) is 170 cm³/mol. The highest BCUT2D eigenvalue weighted by Gasteiger charge is 2.45. The van der Waals surface area contributed by atoms with Crippen molar-refractivity contribution in [2.45, 2.75) is 0 Å². The van der Waals surface area contributed by atoms with E-state index in [2.05, 4.69) is 108 Å². The average Bonchev–Trinajstić information content (AvgIpc) is 3.39. The van der Waals surface area contributed by atoms with E-state index in [1.807, 2.05) is 12.1 Å². The smallest absolute Gasteiger partial charge is 0.260 e. The van der Waals surface area contributed by atoms with Gasteiger partial charge in [-0.05, 0) is 69.8 Å². The first-order chi connectivity index (χ1) is 20.8. The number of nitrogens with zero attached hydrogens (tertiary/aromatic N) is 1. The standard InChI is InChI=1S/C36H19B2NO3/c1-4-12-25-20(9-1)32-35-23(37-21-10-2-5-14-27(21)40-29-16-7-13-26(33(29)37)39(25)35)19-24-36(32)42-31-18-8-17-30-34(31)38(24)22-11-3-6-15-28(22)41-30/h1-19H. The van der Waals surface area contributed by atoms with Crippen LogP contribution >= 0.6 is 0 Å². The molecule has 7 aromatic rings. The van der Waals surface area contributed by atoms with Gasteiger partial charge in [0.2, 0.25) is 0 Å². The summed E-state index contributed by atoms with van der Waals surface area (Å²) in [6.07, 6.45) is 0. The first kappa shape index (κ1) is 21.4. The van der Waals surface area contributed by atoms with Crippen molar-refractivity contribution < 1.29 is 14.2 Å². The topological polar surface area (TPSA) is 32.6 Å². The van der Waals surface area contributed by atoms with Crippen LogP contribution in [0, 0.1) is 0 Å². The molecule has 5 heterocycles. The predicted octanol–water partition coefficient (Wildman–Crippen LogP) is 4.45. The molecule has 1 aromatic heterocycles. The Kier molecular flexibility index (Phi) is 3.71. The molecule has 0 unspecified atom stereocenters. The van der Waals surface area contributed by atoms with E-state index in [1.54, 1.807) is 0 Å². The largest absolute Gasteiger partial charge is 0.458 e. The Morgan fingerprint density at radius 2 is 1.07 bits per heavy atom. The van der Waals surface area contributed by atoms with Crippen LogP contribution in [0.25, 0.3) is 27.5 Å². The number of hydrogen-bond acceptors (Lipinski definition) is 3. The minimum absolute atomic E-state index is 0.000567. The Hall–Kier alpha value is -5.35. The van der Waals surface area contributed by atoms with Crippen LogP contribution in [-0.2, 0) is 0 Å². The highest BCUT2D eigenvalue weighted by molar-refractivity contribution is 7.02. The molecular formula is C36H19B2NO3. The van der Waals surface area contributed by atoms with Crippen LogP contribution in [0.1, 0.15) is 0 Å². The van der Waals surface area contributed by atoms with Gasteiger partial charge in [0, 0.05) is 21.9 Å². The number of aromatic nitrogens is 1. The lowest BCUT2D eigenvalue weighted by Crippen LogP contribution is -2.62. The number of para-hydroxylation sites is 3. The monoisotopic (exact) mass is 535 g/mol. The van der Waals surface area contributed by atoms with Crippen LogP contribution in [0.3, 0.4) is 0 Å². The zero-order chi connectivity index (χ0) is 27.1. The minimum atomic E-state index is -0.000567. The molecule has 0 atom stereocenters. The lowest BCUT2D eigenvalue weighted by Gasteiger charge is -2.36. The molecule has 4 aliphatic rings. The van der Waals surface area contributed by atoms with E-state index in [0.29, 0.717) is 0 Å². The van der Waals surface area contributed by atoms with Crippen LogP contribution in [0.5, 0.6) is 34.5 Å². The van der Waals surface area contributed by atoms with Gasteiger partial charge in [-0.1, -0.05) is 72.8 Å². The molecule has 0 fully saturated rings. The van der Waals surface area contributed by atoms with E-state index in [4.69, 9.17) is 14.2 Å². The number of ether oxygens (including phenoxy) is 3. The molecule has 0 amide bonds. The van der Waals surface area contributed by atoms with Crippen LogP contribution in [0.2, 0.25) is 0 Å². The normalized spacial score (nSPS) is 14.2. The molecule has 4 nitrogen and oxygen atoms in total. The van der Waals surface area contributed by atoms with Crippen molar-refractivity contribution >= 4 is 68.0 Å². The molecule has 0 saturated carbocycles. The van der Waals surface area contributed by atoms with E-state index in [-0.39, 0.29) is 13.4 Å². The van der Waals surface area contributed by atoms with Gasteiger partial charge in [-0.25, -0.2) is 0 Å². The number of rotatable bonds is 0. The summed E-state index contributed by atoms with van der Waals surface area (Å²) in [6.45, 7) is 0.0388. The van der Waals surface area contributed by atoms with Crippen LogP contribution in [0.15, 0.2) is 115 Å². The maximum atomic E-state index is 6.94. The van der Waals surface area contributed by atoms with Gasteiger partial charge >= 0.3 is 0 Å². The van der Waals surface area contributed by atoms with Crippen molar-refractivity contribution in [3.8, 4) is 40.2 Å². The van der Waals surface area contributed by atoms with Crippen LogP contribution < -0.4 is 47.0 Å². The third kappa shape index (κ3) is 2.41. The Morgan fingerprint density at radius 3 is 1.86 bits per heavy atom. The van der Waals surface area contributed by atoms with Crippen molar-refractivity contribution in [3.05, 3.63) is 115 Å². The first-order valence-corrected chi connectivity index (χ1v) is 14.4. The molecule has 0 N–H and O–H groups in total. The average molecular weight is 535 g/mol. The third-order valence-corrected chi connectivity index (χ3v) is 9.57. The fraction of sp³-hybridized carbons (Fsp3) is 0. The summed E-state index contributed by atoms with van der Waals surface area (Å²) in [7, 11) is 0. The van der Waals surface area contributed by atoms with Gasteiger partial charge in [0.1, 0.15) is 34.5 Å². The second kappa shape index (κ2) is 7.29. The lowest BCUT2D eigenvalue weighted by atomic mass is 9.31. The van der Waals surface area contributed by atoms with E-state index in [9.17, 15) is 0 Å². The van der Waals surface area contributed by atoms with Crippen molar-refractivity contribution in [1.82, 2.24) is 4.57 Å². The molecule has 0 aliphatic carbocycles. The van der Waals surface area contributed by atoms with E-state index in [1.165, 1.54) is 49.4 Å².